The zero-order valence-corrected chi connectivity index (χ0v) is 15.3. The molecule has 0 aliphatic carbocycles. The molecular weight excluding hydrogens is 326 g/mol. The van der Waals surface area contributed by atoms with E-state index in [0.29, 0.717) is 13.1 Å². The molecule has 0 aliphatic rings. The third kappa shape index (κ3) is 4.27. The second kappa shape index (κ2) is 8.29. The van der Waals surface area contributed by atoms with Crippen molar-refractivity contribution in [3.05, 3.63) is 71.2 Å². The van der Waals surface area contributed by atoms with Gasteiger partial charge in [0.05, 0.1) is 11.4 Å². The Morgan fingerprint density at radius 3 is 2.62 bits per heavy atom. The van der Waals surface area contributed by atoms with Crippen LogP contribution < -0.4 is 10.6 Å². The molecule has 6 nitrogen and oxygen atoms in total. The number of pyridine rings is 1. The normalized spacial score (nSPS) is 11.4. The number of rotatable bonds is 5. The van der Waals surface area contributed by atoms with E-state index in [4.69, 9.17) is 4.52 Å². The van der Waals surface area contributed by atoms with Gasteiger partial charge in [-0.25, -0.2) is 0 Å². The van der Waals surface area contributed by atoms with Gasteiger partial charge in [0.25, 0.3) is 0 Å². The summed E-state index contributed by atoms with van der Waals surface area (Å²) in [4.78, 5) is 8.68. The van der Waals surface area contributed by atoms with Gasteiger partial charge in [0.2, 0.25) is 0 Å². The summed E-state index contributed by atoms with van der Waals surface area (Å²) >= 11 is 0. The van der Waals surface area contributed by atoms with Crippen molar-refractivity contribution in [2.75, 3.05) is 7.05 Å². The first-order valence-corrected chi connectivity index (χ1v) is 8.54. The standard InChI is InChI=1S/C20H23N5O/c1-14-18(15(2)26-25-14)13-24-20(21-3)23-12-16-7-6-8-17(11-16)19-9-4-5-10-22-19/h4-11H,12-13H2,1-3H3,(H2,21,23,24). The number of hydrogen-bond acceptors (Lipinski definition) is 4. The van der Waals surface area contributed by atoms with Gasteiger partial charge in [0, 0.05) is 37.5 Å². The van der Waals surface area contributed by atoms with E-state index in [-0.39, 0.29) is 0 Å². The van der Waals surface area contributed by atoms with Gasteiger partial charge in [-0.2, -0.15) is 0 Å². The summed E-state index contributed by atoms with van der Waals surface area (Å²) in [5.41, 5.74) is 5.19. The molecule has 2 aromatic heterocycles. The molecule has 2 N–H and O–H groups in total. The molecule has 0 amide bonds. The molecule has 1 aromatic carbocycles. The largest absolute Gasteiger partial charge is 0.361 e. The fourth-order valence-electron chi connectivity index (χ4n) is 2.71. The third-order valence-corrected chi connectivity index (χ3v) is 4.19. The minimum absolute atomic E-state index is 0.620. The predicted octanol–water partition coefficient (Wildman–Crippen LogP) is 3.22. The molecule has 26 heavy (non-hydrogen) atoms. The van der Waals surface area contributed by atoms with Crippen molar-refractivity contribution in [1.29, 1.82) is 0 Å². The Bertz CT molecular complexity index is 867. The van der Waals surface area contributed by atoms with Crippen molar-refractivity contribution in [1.82, 2.24) is 20.8 Å². The quantitative estimate of drug-likeness (QED) is 0.546. The summed E-state index contributed by atoms with van der Waals surface area (Å²) in [6.07, 6.45) is 1.81. The van der Waals surface area contributed by atoms with Gasteiger partial charge >= 0.3 is 0 Å². The minimum atomic E-state index is 0.620. The summed E-state index contributed by atoms with van der Waals surface area (Å²) in [6.45, 7) is 5.14. The van der Waals surface area contributed by atoms with Crippen LogP contribution in [0.5, 0.6) is 0 Å². The van der Waals surface area contributed by atoms with E-state index in [9.17, 15) is 0 Å². The van der Waals surface area contributed by atoms with Gasteiger partial charge < -0.3 is 15.2 Å². The molecule has 3 aromatic rings. The van der Waals surface area contributed by atoms with Gasteiger partial charge in [-0.15, -0.1) is 0 Å². The first-order valence-electron chi connectivity index (χ1n) is 8.54. The highest BCUT2D eigenvalue weighted by Crippen LogP contribution is 2.17. The maximum atomic E-state index is 5.19. The molecule has 0 spiro atoms. The maximum absolute atomic E-state index is 5.19. The molecule has 2 heterocycles. The van der Waals surface area contributed by atoms with Gasteiger partial charge in [-0.1, -0.05) is 29.4 Å². The zero-order chi connectivity index (χ0) is 18.4. The smallest absolute Gasteiger partial charge is 0.191 e. The molecule has 0 bridgehead atoms. The predicted molar refractivity (Wildman–Crippen MR) is 103 cm³/mol. The minimum Gasteiger partial charge on any atom is -0.361 e. The highest BCUT2D eigenvalue weighted by atomic mass is 16.5. The van der Waals surface area contributed by atoms with Crippen LogP contribution in [0.2, 0.25) is 0 Å². The van der Waals surface area contributed by atoms with Crippen molar-refractivity contribution in [2.24, 2.45) is 4.99 Å². The summed E-state index contributed by atoms with van der Waals surface area (Å²) in [5, 5.41) is 10.6. The van der Waals surface area contributed by atoms with E-state index in [2.05, 4.69) is 44.0 Å². The number of hydrogen-bond donors (Lipinski definition) is 2. The Hall–Kier alpha value is -3.15. The van der Waals surface area contributed by atoms with E-state index in [0.717, 1.165) is 39.8 Å². The highest BCUT2D eigenvalue weighted by Gasteiger charge is 2.09. The topological polar surface area (TPSA) is 75.3 Å². The van der Waals surface area contributed by atoms with Crippen LogP contribution in [0.3, 0.4) is 0 Å². The third-order valence-electron chi connectivity index (χ3n) is 4.19. The lowest BCUT2D eigenvalue weighted by molar-refractivity contribution is 0.392. The fraction of sp³-hybridized carbons (Fsp3) is 0.250. The van der Waals surface area contributed by atoms with Gasteiger partial charge in [0.1, 0.15) is 5.76 Å². The maximum Gasteiger partial charge on any atom is 0.191 e. The summed E-state index contributed by atoms with van der Waals surface area (Å²) in [6, 6.07) is 14.3. The lowest BCUT2D eigenvalue weighted by Gasteiger charge is -2.12. The first kappa shape index (κ1) is 17.7. The monoisotopic (exact) mass is 349 g/mol. The molecule has 0 saturated carbocycles. The van der Waals surface area contributed by atoms with Crippen molar-refractivity contribution in [3.63, 3.8) is 0 Å². The molecule has 0 unspecified atom stereocenters. The summed E-state index contributed by atoms with van der Waals surface area (Å²) < 4.78 is 5.19. The Morgan fingerprint density at radius 1 is 1.08 bits per heavy atom. The highest BCUT2D eigenvalue weighted by molar-refractivity contribution is 5.79. The molecule has 6 heteroatoms. The molecule has 0 aliphatic heterocycles. The van der Waals surface area contributed by atoms with E-state index >= 15 is 0 Å². The molecule has 134 valence electrons. The molecule has 3 rings (SSSR count). The van der Waals surface area contributed by atoms with E-state index in [1.54, 1.807) is 13.2 Å². The van der Waals surface area contributed by atoms with E-state index in [1.807, 2.05) is 38.1 Å². The van der Waals surface area contributed by atoms with Crippen LogP contribution in [0, 0.1) is 13.8 Å². The van der Waals surface area contributed by atoms with Crippen LogP contribution >= 0.6 is 0 Å². The number of nitrogens with one attached hydrogen (secondary N) is 2. The SMILES string of the molecule is CN=C(NCc1cccc(-c2ccccn2)c1)NCc1c(C)noc1C. The lowest BCUT2D eigenvalue weighted by Crippen LogP contribution is -2.36. The number of aliphatic imine (C=N–C) groups is 1. The van der Waals surface area contributed by atoms with Crippen LogP contribution in [-0.4, -0.2) is 23.1 Å². The molecule has 0 atom stereocenters. The van der Waals surface area contributed by atoms with Crippen LogP contribution in [0.1, 0.15) is 22.6 Å². The Balaban J connectivity index is 1.61. The Kier molecular flexibility index (Phi) is 5.63. The summed E-state index contributed by atoms with van der Waals surface area (Å²) in [5.74, 6) is 1.56. The number of guanidine groups is 1. The van der Waals surface area contributed by atoms with Crippen LogP contribution in [0.15, 0.2) is 58.2 Å². The van der Waals surface area contributed by atoms with E-state index < -0.39 is 0 Å². The molecule has 0 saturated heterocycles. The Morgan fingerprint density at radius 2 is 1.92 bits per heavy atom. The molecule has 0 radical (unpaired) electrons. The number of aryl methyl sites for hydroxylation is 2. The lowest BCUT2D eigenvalue weighted by atomic mass is 10.1. The van der Waals surface area contributed by atoms with Crippen molar-refractivity contribution < 1.29 is 4.52 Å². The second-order valence-corrected chi connectivity index (χ2v) is 6.00. The average molecular weight is 349 g/mol. The van der Waals surface area contributed by atoms with Gasteiger partial charge in [-0.3, -0.25) is 9.98 Å². The van der Waals surface area contributed by atoms with Gasteiger partial charge in [0.15, 0.2) is 5.96 Å². The summed E-state index contributed by atoms with van der Waals surface area (Å²) in [7, 11) is 1.76. The van der Waals surface area contributed by atoms with Crippen LogP contribution in [-0.2, 0) is 13.1 Å². The van der Waals surface area contributed by atoms with Crippen molar-refractivity contribution >= 4 is 5.96 Å². The molecular formula is C20H23N5O. The number of nitrogens with zero attached hydrogens (tertiary/aromatic N) is 3. The zero-order valence-electron chi connectivity index (χ0n) is 15.3. The number of aromatic nitrogens is 2. The van der Waals surface area contributed by atoms with Crippen molar-refractivity contribution in [2.45, 2.75) is 26.9 Å². The van der Waals surface area contributed by atoms with E-state index in [1.165, 1.54) is 0 Å². The second-order valence-electron chi connectivity index (χ2n) is 6.00. The first-order chi connectivity index (χ1) is 12.7. The Labute approximate surface area is 153 Å². The van der Waals surface area contributed by atoms with Crippen LogP contribution in [0.4, 0.5) is 0 Å². The molecule has 0 fully saturated rings. The fourth-order valence-corrected chi connectivity index (χ4v) is 2.71. The van der Waals surface area contributed by atoms with Crippen LogP contribution in [0.25, 0.3) is 11.3 Å². The van der Waals surface area contributed by atoms with Crippen molar-refractivity contribution in [3.8, 4) is 11.3 Å². The number of benzene rings is 1. The average Bonchev–Trinajstić information content (AvgIpc) is 3.01. The van der Waals surface area contributed by atoms with Gasteiger partial charge in [-0.05, 0) is 37.6 Å².